The van der Waals surface area contributed by atoms with Gasteiger partial charge in [0.05, 0.1) is 6.61 Å². The summed E-state index contributed by atoms with van der Waals surface area (Å²) in [5.41, 5.74) is 3.28. The second-order valence-electron chi connectivity index (χ2n) is 4.68. The van der Waals surface area contributed by atoms with E-state index in [0.717, 1.165) is 21.8 Å². The van der Waals surface area contributed by atoms with Crippen LogP contribution >= 0.6 is 11.3 Å². The smallest absolute Gasteiger partial charge is 0.234 e. The number of ether oxygens (including phenoxy) is 1. The van der Waals surface area contributed by atoms with Crippen LogP contribution in [0.4, 0.5) is 0 Å². The van der Waals surface area contributed by atoms with Gasteiger partial charge in [0.25, 0.3) is 0 Å². The molecule has 0 aliphatic carbocycles. The van der Waals surface area contributed by atoms with Crippen LogP contribution in [0.1, 0.15) is 16.3 Å². The summed E-state index contributed by atoms with van der Waals surface area (Å²) in [5, 5.41) is 27.3. The van der Waals surface area contributed by atoms with E-state index in [-0.39, 0.29) is 6.61 Å². The highest BCUT2D eigenvalue weighted by atomic mass is 32.1. The lowest BCUT2D eigenvalue weighted by atomic mass is 10.0. The summed E-state index contributed by atoms with van der Waals surface area (Å²) in [7, 11) is 1.61. The second kappa shape index (κ2) is 6.30. The van der Waals surface area contributed by atoms with Crippen molar-refractivity contribution in [3.05, 3.63) is 40.5 Å². The summed E-state index contributed by atoms with van der Waals surface area (Å²) in [6, 6.07) is 7.88. The first-order chi connectivity index (χ1) is 10.7. The number of rotatable bonds is 5. The van der Waals surface area contributed by atoms with E-state index >= 15 is 0 Å². The highest BCUT2D eigenvalue weighted by Crippen LogP contribution is 2.29. The highest BCUT2D eigenvalue weighted by Gasteiger charge is 2.19. The topological polar surface area (TPSA) is 86.0 Å². The van der Waals surface area contributed by atoms with E-state index in [1.165, 1.54) is 11.3 Å². The van der Waals surface area contributed by atoms with E-state index in [0.29, 0.717) is 17.4 Å². The van der Waals surface area contributed by atoms with Gasteiger partial charge < -0.3 is 9.84 Å². The van der Waals surface area contributed by atoms with Crippen LogP contribution in [0.5, 0.6) is 0 Å². The zero-order valence-corrected chi connectivity index (χ0v) is 13.0. The van der Waals surface area contributed by atoms with Crippen molar-refractivity contribution >= 4 is 11.3 Å². The molecule has 0 fully saturated rings. The van der Waals surface area contributed by atoms with Crippen LogP contribution < -0.4 is 0 Å². The molecule has 0 aliphatic heterocycles. The summed E-state index contributed by atoms with van der Waals surface area (Å²) in [6.45, 7) is 2.22. The molecular formula is C14H15N5O2S. The largest absolute Gasteiger partial charge is 0.390 e. The molecule has 0 amide bonds. The van der Waals surface area contributed by atoms with Gasteiger partial charge in [-0.25, -0.2) is 0 Å². The van der Waals surface area contributed by atoms with Crippen molar-refractivity contribution in [3.63, 3.8) is 0 Å². The zero-order valence-electron chi connectivity index (χ0n) is 12.2. The summed E-state index contributed by atoms with van der Waals surface area (Å²) in [4.78, 5) is 0. The third-order valence-electron chi connectivity index (χ3n) is 3.20. The van der Waals surface area contributed by atoms with Gasteiger partial charge >= 0.3 is 0 Å². The molecule has 0 radical (unpaired) electrons. The number of nitrogens with zero attached hydrogens (tertiary/aromatic N) is 5. The monoisotopic (exact) mass is 317 g/mol. The fourth-order valence-corrected chi connectivity index (χ4v) is 2.94. The third kappa shape index (κ3) is 2.63. The molecule has 1 aromatic carbocycles. The Kier molecular flexibility index (Phi) is 4.23. The predicted molar refractivity (Wildman–Crippen MR) is 81.6 cm³/mol. The molecule has 22 heavy (non-hydrogen) atoms. The van der Waals surface area contributed by atoms with Gasteiger partial charge in [-0.05, 0) is 12.5 Å². The van der Waals surface area contributed by atoms with Gasteiger partial charge in [-0.15, -0.1) is 15.3 Å². The third-order valence-corrected chi connectivity index (χ3v) is 4.07. The maximum atomic E-state index is 9.55. The van der Waals surface area contributed by atoms with Gasteiger partial charge in [0.15, 0.2) is 0 Å². The molecular weight excluding hydrogens is 302 g/mol. The zero-order chi connectivity index (χ0) is 15.5. The molecule has 0 saturated carbocycles. The fourth-order valence-electron chi connectivity index (χ4n) is 2.17. The molecule has 0 atom stereocenters. The summed E-state index contributed by atoms with van der Waals surface area (Å²) < 4.78 is 6.68. The highest BCUT2D eigenvalue weighted by molar-refractivity contribution is 7.13. The average molecular weight is 317 g/mol. The molecule has 3 aromatic rings. The number of aliphatic hydroxyl groups is 1. The van der Waals surface area contributed by atoms with Gasteiger partial charge in [0.2, 0.25) is 5.13 Å². The maximum Gasteiger partial charge on any atom is 0.234 e. The molecule has 0 spiro atoms. The molecule has 1 N–H and O–H groups in total. The first-order valence-electron chi connectivity index (χ1n) is 6.67. The number of hydrogen-bond donors (Lipinski definition) is 1. The van der Waals surface area contributed by atoms with E-state index in [2.05, 4.69) is 20.5 Å². The Hall–Kier alpha value is -2.16. The molecule has 0 aliphatic rings. The molecule has 2 aromatic heterocycles. The number of aliphatic hydroxyl groups excluding tert-OH is 1. The number of methoxy groups -OCH3 is 1. The molecule has 0 unspecified atom stereocenters. The van der Waals surface area contributed by atoms with Gasteiger partial charge in [-0.3, -0.25) is 0 Å². The lowest BCUT2D eigenvalue weighted by molar-refractivity contribution is 0.184. The number of hydrogen-bond acceptors (Lipinski definition) is 7. The minimum Gasteiger partial charge on any atom is -0.390 e. The van der Waals surface area contributed by atoms with Crippen LogP contribution in [-0.4, -0.2) is 37.4 Å². The van der Waals surface area contributed by atoms with Crippen molar-refractivity contribution in [1.82, 2.24) is 25.2 Å². The summed E-state index contributed by atoms with van der Waals surface area (Å²) in [5.74, 6) is 0. The van der Waals surface area contributed by atoms with Gasteiger partial charge in [0.1, 0.15) is 23.0 Å². The predicted octanol–water partition coefficient (Wildman–Crippen LogP) is 1.73. The van der Waals surface area contributed by atoms with E-state index in [1.807, 2.05) is 31.2 Å². The van der Waals surface area contributed by atoms with Crippen LogP contribution in [-0.2, 0) is 18.0 Å². The van der Waals surface area contributed by atoms with Crippen molar-refractivity contribution in [3.8, 4) is 16.4 Å². The summed E-state index contributed by atoms with van der Waals surface area (Å²) in [6.07, 6.45) is 0. The van der Waals surface area contributed by atoms with Crippen molar-refractivity contribution in [2.24, 2.45) is 0 Å². The maximum absolute atomic E-state index is 9.55. The molecule has 3 rings (SSSR count). The quantitative estimate of drug-likeness (QED) is 0.771. The molecule has 0 saturated heterocycles. The van der Waals surface area contributed by atoms with Crippen LogP contribution in [0.25, 0.3) is 16.4 Å². The Morgan fingerprint density at radius 3 is 2.77 bits per heavy atom. The molecule has 8 heteroatoms. The molecule has 0 bridgehead atoms. The first kappa shape index (κ1) is 14.8. The Morgan fingerprint density at radius 1 is 1.23 bits per heavy atom. The van der Waals surface area contributed by atoms with Gasteiger partial charge in [-0.1, -0.05) is 40.8 Å². The van der Waals surface area contributed by atoms with Crippen molar-refractivity contribution in [1.29, 1.82) is 0 Å². The van der Waals surface area contributed by atoms with E-state index in [9.17, 15) is 5.11 Å². The van der Waals surface area contributed by atoms with Crippen molar-refractivity contribution in [2.45, 2.75) is 20.1 Å². The Balaban J connectivity index is 2.13. The first-order valence-corrected chi connectivity index (χ1v) is 7.49. The van der Waals surface area contributed by atoms with E-state index in [4.69, 9.17) is 4.74 Å². The lowest BCUT2D eigenvalue weighted by Gasteiger charge is -2.07. The SMILES string of the molecule is COCc1nnc(-n2nnc(CO)c2-c2ccccc2C)s1. The van der Waals surface area contributed by atoms with Crippen molar-refractivity contribution < 1.29 is 9.84 Å². The summed E-state index contributed by atoms with van der Waals surface area (Å²) >= 11 is 1.38. The van der Waals surface area contributed by atoms with Crippen LogP contribution in [0.15, 0.2) is 24.3 Å². The van der Waals surface area contributed by atoms with E-state index < -0.39 is 0 Å². The van der Waals surface area contributed by atoms with Crippen molar-refractivity contribution in [2.75, 3.05) is 7.11 Å². The molecule has 114 valence electrons. The minimum atomic E-state index is -0.187. The average Bonchev–Trinajstić information content (AvgIpc) is 3.14. The minimum absolute atomic E-state index is 0.187. The Bertz CT molecular complexity index is 783. The number of aromatic nitrogens is 5. The number of benzene rings is 1. The van der Waals surface area contributed by atoms with Gasteiger partial charge in [0, 0.05) is 12.7 Å². The number of aryl methyl sites for hydroxylation is 1. The second-order valence-corrected chi connectivity index (χ2v) is 5.72. The standard InChI is InChI=1S/C14H15N5O2S/c1-9-5-3-4-6-10(9)13-11(7-20)15-18-19(13)14-17-16-12(22-14)8-21-2/h3-6,20H,7-8H2,1-2H3. The van der Waals surface area contributed by atoms with Crippen LogP contribution in [0.3, 0.4) is 0 Å². The molecule has 7 nitrogen and oxygen atoms in total. The van der Waals surface area contributed by atoms with Crippen LogP contribution in [0, 0.1) is 6.92 Å². The fraction of sp³-hybridized carbons (Fsp3) is 0.286. The Morgan fingerprint density at radius 2 is 2.05 bits per heavy atom. The Labute approximate surface area is 131 Å². The van der Waals surface area contributed by atoms with E-state index in [1.54, 1.807) is 11.8 Å². The normalized spacial score (nSPS) is 11.0. The van der Waals surface area contributed by atoms with Crippen LogP contribution in [0.2, 0.25) is 0 Å². The lowest BCUT2D eigenvalue weighted by Crippen LogP contribution is -2.01. The molecule has 2 heterocycles. The van der Waals surface area contributed by atoms with Gasteiger partial charge in [-0.2, -0.15) is 4.68 Å².